The highest BCUT2D eigenvalue weighted by molar-refractivity contribution is 7.99. The molecule has 1 N–H and O–H groups in total. The van der Waals surface area contributed by atoms with Crippen LogP contribution in [0.1, 0.15) is 13.3 Å². The molecule has 0 heterocycles. The predicted molar refractivity (Wildman–Crippen MR) is 69.3 cm³/mol. The molecule has 1 atom stereocenters. The fourth-order valence-corrected chi connectivity index (χ4v) is 2.31. The van der Waals surface area contributed by atoms with Crippen molar-refractivity contribution < 1.29 is 9.84 Å². The van der Waals surface area contributed by atoms with Crippen LogP contribution in [0.5, 0.6) is 0 Å². The van der Waals surface area contributed by atoms with E-state index in [1.165, 1.54) is 0 Å². The van der Waals surface area contributed by atoms with Crippen LogP contribution in [0, 0.1) is 0 Å². The molecule has 0 saturated carbocycles. The summed E-state index contributed by atoms with van der Waals surface area (Å²) in [5.41, 5.74) is 0. The lowest BCUT2D eigenvalue weighted by Gasteiger charge is -2.11. The zero-order chi connectivity index (χ0) is 11.8. The maximum atomic E-state index is 9.64. The van der Waals surface area contributed by atoms with E-state index in [4.69, 9.17) is 16.3 Å². The van der Waals surface area contributed by atoms with Gasteiger partial charge in [0.15, 0.2) is 0 Å². The Hall–Kier alpha value is -0.220. The van der Waals surface area contributed by atoms with E-state index in [0.29, 0.717) is 19.0 Å². The van der Waals surface area contributed by atoms with Crippen molar-refractivity contribution in [1.82, 2.24) is 0 Å². The molecule has 0 fully saturated rings. The van der Waals surface area contributed by atoms with Gasteiger partial charge in [0.25, 0.3) is 0 Å². The summed E-state index contributed by atoms with van der Waals surface area (Å²) in [5.74, 6) is 0.605. The average molecular weight is 261 g/mol. The highest BCUT2D eigenvalue weighted by Crippen LogP contribution is 2.26. The fraction of sp³-hybridized carbons (Fsp3) is 0.500. The molecule has 1 aromatic rings. The molecule has 2 nitrogen and oxygen atoms in total. The average Bonchev–Trinajstić information content (AvgIpc) is 2.28. The largest absolute Gasteiger partial charge is 0.390 e. The van der Waals surface area contributed by atoms with E-state index < -0.39 is 6.10 Å². The first-order chi connectivity index (χ1) is 7.74. The number of hydrogen-bond acceptors (Lipinski definition) is 3. The van der Waals surface area contributed by atoms with Crippen LogP contribution in [0.25, 0.3) is 0 Å². The first kappa shape index (κ1) is 13.8. The van der Waals surface area contributed by atoms with Crippen LogP contribution in [0.2, 0.25) is 5.02 Å². The van der Waals surface area contributed by atoms with Gasteiger partial charge in [0.2, 0.25) is 0 Å². The van der Waals surface area contributed by atoms with Gasteiger partial charge in [-0.3, -0.25) is 0 Å². The Kier molecular flexibility index (Phi) is 6.88. The minimum Gasteiger partial charge on any atom is -0.390 e. The first-order valence-corrected chi connectivity index (χ1v) is 6.73. The monoisotopic (exact) mass is 260 g/mol. The van der Waals surface area contributed by atoms with Crippen molar-refractivity contribution >= 4 is 23.4 Å². The molecule has 0 bridgehead atoms. The van der Waals surface area contributed by atoms with Gasteiger partial charge in [-0.05, 0) is 18.6 Å². The molecule has 0 aliphatic heterocycles. The third-order valence-electron chi connectivity index (χ3n) is 1.93. The second-order valence-corrected chi connectivity index (χ2v) is 4.94. The van der Waals surface area contributed by atoms with Crippen molar-refractivity contribution in [3.05, 3.63) is 29.3 Å². The molecule has 0 saturated heterocycles. The topological polar surface area (TPSA) is 29.5 Å². The maximum absolute atomic E-state index is 9.64. The summed E-state index contributed by atoms with van der Waals surface area (Å²) in [5, 5.41) is 10.4. The Morgan fingerprint density at radius 2 is 2.19 bits per heavy atom. The highest BCUT2D eigenvalue weighted by Gasteiger charge is 2.06. The van der Waals surface area contributed by atoms with Gasteiger partial charge in [0.05, 0.1) is 17.7 Å². The van der Waals surface area contributed by atoms with Gasteiger partial charge in [-0.2, -0.15) is 0 Å². The molecule has 1 rings (SSSR count). The van der Waals surface area contributed by atoms with E-state index in [0.717, 1.165) is 16.3 Å². The minimum atomic E-state index is -0.437. The van der Waals surface area contributed by atoms with E-state index in [-0.39, 0.29) is 0 Å². The summed E-state index contributed by atoms with van der Waals surface area (Å²) < 4.78 is 5.27. The summed E-state index contributed by atoms with van der Waals surface area (Å²) in [6.07, 6.45) is 0.539. The van der Waals surface area contributed by atoms with E-state index in [1.807, 2.05) is 31.2 Å². The van der Waals surface area contributed by atoms with Gasteiger partial charge >= 0.3 is 0 Å². The molecule has 0 aliphatic rings. The van der Waals surface area contributed by atoms with E-state index >= 15 is 0 Å². The molecular weight excluding hydrogens is 244 g/mol. The summed E-state index contributed by atoms with van der Waals surface area (Å²) in [6.45, 7) is 3.14. The normalized spacial score (nSPS) is 12.7. The van der Waals surface area contributed by atoms with Gasteiger partial charge in [-0.15, -0.1) is 11.8 Å². The Morgan fingerprint density at radius 1 is 1.44 bits per heavy atom. The summed E-state index contributed by atoms with van der Waals surface area (Å²) in [7, 11) is 0. The SMILES string of the molecule is CCCOCC(O)CSc1ccccc1Cl. The predicted octanol–water partition coefficient (Wildman–Crippen LogP) is 3.22. The zero-order valence-corrected chi connectivity index (χ0v) is 10.9. The molecule has 0 amide bonds. The Morgan fingerprint density at radius 3 is 2.88 bits per heavy atom. The van der Waals surface area contributed by atoms with E-state index in [2.05, 4.69) is 0 Å². The summed E-state index contributed by atoms with van der Waals surface area (Å²) in [4.78, 5) is 0.999. The van der Waals surface area contributed by atoms with Crippen molar-refractivity contribution in [2.45, 2.75) is 24.3 Å². The number of halogens is 1. The number of ether oxygens (including phenoxy) is 1. The van der Waals surface area contributed by atoms with Crippen LogP contribution in [-0.4, -0.2) is 30.2 Å². The molecule has 1 aromatic carbocycles. The number of thioether (sulfide) groups is 1. The fourth-order valence-electron chi connectivity index (χ4n) is 1.16. The molecule has 0 spiro atoms. The molecule has 0 radical (unpaired) electrons. The number of hydrogen-bond donors (Lipinski definition) is 1. The molecule has 1 unspecified atom stereocenters. The third-order valence-corrected chi connectivity index (χ3v) is 3.59. The molecule has 90 valence electrons. The zero-order valence-electron chi connectivity index (χ0n) is 9.36. The van der Waals surface area contributed by atoms with E-state index in [1.54, 1.807) is 11.8 Å². The first-order valence-electron chi connectivity index (χ1n) is 5.37. The van der Waals surface area contributed by atoms with E-state index in [9.17, 15) is 5.11 Å². The van der Waals surface area contributed by atoms with Crippen molar-refractivity contribution in [3.63, 3.8) is 0 Å². The van der Waals surface area contributed by atoms with Crippen LogP contribution < -0.4 is 0 Å². The Labute approximate surface area is 106 Å². The van der Waals surface area contributed by atoms with Gasteiger partial charge in [0.1, 0.15) is 0 Å². The lowest BCUT2D eigenvalue weighted by molar-refractivity contribution is 0.0489. The van der Waals surface area contributed by atoms with Gasteiger partial charge < -0.3 is 9.84 Å². The van der Waals surface area contributed by atoms with Crippen LogP contribution in [0.4, 0.5) is 0 Å². The Bertz CT molecular complexity index is 307. The summed E-state index contributed by atoms with van der Waals surface area (Å²) in [6, 6.07) is 7.64. The molecule has 0 aliphatic carbocycles. The van der Waals surface area contributed by atoms with Crippen LogP contribution in [-0.2, 0) is 4.74 Å². The third kappa shape index (κ3) is 5.21. The van der Waals surface area contributed by atoms with Crippen LogP contribution >= 0.6 is 23.4 Å². The van der Waals surface area contributed by atoms with Gasteiger partial charge in [-0.1, -0.05) is 30.7 Å². The van der Waals surface area contributed by atoms with Crippen molar-refractivity contribution in [2.24, 2.45) is 0 Å². The second-order valence-electron chi connectivity index (χ2n) is 3.47. The number of benzene rings is 1. The van der Waals surface area contributed by atoms with Crippen LogP contribution in [0.3, 0.4) is 0 Å². The second kappa shape index (κ2) is 7.96. The number of aliphatic hydroxyl groups excluding tert-OH is 1. The standard InChI is InChI=1S/C12H17ClO2S/c1-2-7-15-8-10(14)9-16-12-6-4-3-5-11(12)13/h3-6,10,14H,2,7-9H2,1H3. The quantitative estimate of drug-likeness (QED) is 0.603. The smallest absolute Gasteiger partial charge is 0.0867 e. The number of rotatable bonds is 7. The van der Waals surface area contributed by atoms with Gasteiger partial charge in [-0.25, -0.2) is 0 Å². The van der Waals surface area contributed by atoms with Crippen LogP contribution in [0.15, 0.2) is 29.2 Å². The minimum absolute atomic E-state index is 0.394. The van der Waals surface area contributed by atoms with Crippen molar-refractivity contribution in [1.29, 1.82) is 0 Å². The lowest BCUT2D eigenvalue weighted by Crippen LogP contribution is -2.18. The molecule has 16 heavy (non-hydrogen) atoms. The Balaban J connectivity index is 2.26. The molecule has 4 heteroatoms. The van der Waals surface area contributed by atoms with Crippen molar-refractivity contribution in [2.75, 3.05) is 19.0 Å². The highest BCUT2D eigenvalue weighted by atomic mass is 35.5. The maximum Gasteiger partial charge on any atom is 0.0867 e. The molecular formula is C12H17ClO2S. The summed E-state index contributed by atoms with van der Waals surface area (Å²) >= 11 is 7.55. The lowest BCUT2D eigenvalue weighted by atomic mass is 10.4. The van der Waals surface area contributed by atoms with Crippen molar-refractivity contribution in [3.8, 4) is 0 Å². The number of aliphatic hydroxyl groups is 1. The van der Waals surface area contributed by atoms with Gasteiger partial charge in [0, 0.05) is 17.3 Å². The molecule has 0 aromatic heterocycles.